The summed E-state index contributed by atoms with van der Waals surface area (Å²) in [5.41, 5.74) is 8.68. The molecule has 1 saturated heterocycles. The van der Waals surface area contributed by atoms with E-state index in [1.807, 2.05) is 26.1 Å². The highest BCUT2D eigenvalue weighted by Crippen LogP contribution is 2.39. The molecule has 5 atom stereocenters. The zero-order valence-corrected chi connectivity index (χ0v) is 20.2. The zero-order chi connectivity index (χ0) is 23.6. The number of hydrogen-bond donors (Lipinski definition) is 4. The minimum Gasteiger partial charge on any atom is -0.389 e. The number of rotatable bonds is 8. The molecule has 4 rings (SSSR count). The van der Waals surface area contributed by atoms with Gasteiger partial charge in [-0.15, -0.1) is 0 Å². The Morgan fingerprint density at radius 2 is 2.12 bits per heavy atom. The first-order chi connectivity index (χ1) is 15.9. The number of benzene rings is 1. The van der Waals surface area contributed by atoms with E-state index >= 15 is 0 Å². The number of carbonyl (C=O) groups is 1. The second-order valence-corrected chi connectivity index (χ2v) is 9.83. The van der Waals surface area contributed by atoms with Gasteiger partial charge in [0.1, 0.15) is 0 Å². The summed E-state index contributed by atoms with van der Waals surface area (Å²) in [6.45, 7) is 5.22. The van der Waals surface area contributed by atoms with Crippen LogP contribution in [0.1, 0.15) is 61.0 Å². The van der Waals surface area contributed by atoms with Crippen LogP contribution in [0, 0.1) is 0 Å². The number of aliphatic hydroxyl groups is 1. The van der Waals surface area contributed by atoms with Gasteiger partial charge in [0.2, 0.25) is 0 Å². The molecular weight excluding hydrogens is 414 g/mol. The Kier molecular flexibility index (Phi) is 7.22. The Labute approximate surface area is 197 Å². The van der Waals surface area contributed by atoms with Crippen molar-refractivity contribution in [3.05, 3.63) is 47.0 Å². The molecule has 1 amide bonds. The SMILES string of the molecule is CCC(N)=NC(CNC)C1(C)C(O)C(NC(=O)c2cccc3c2CCCC3)CN1C1C=CC1. The lowest BCUT2D eigenvalue weighted by molar-refractivity contribution is 0.00242. The molecule has 3 aliphatic rings. The van der Waals surface area contributed by atoms with Crippen molar-refractivity contribution in [1.29, 1.82) is 0 Å². The highest BCUT2D eigenvalue weighted by Gasteiger charge is 2.56. The van der Waals surface area contributed by atoms with Gasteiger partial charge in [-0.1, -0.05) is 31.2 Å². The summed E-state index contributed by atoms with van der Waals surface area (Å²) in [5.74, 6) is 0.490. The van der Waals surface area contributed by atoms with E-state index in [2.05, 4.69) is 40.7 Å². The summed E-state index contributed by atoms with van der Waals surface area (Å²) in [7, 11) is 1.89. The van der Waals surface area contributed by atoms with Crippen LogP contribution >= 0.6 is 0 Å². The summed E-state index contributed by atoms with van der Waals surface area (Å²) in [4.78, 5) is 20.5. The van der Waals surface area contributed by atoms with Gasteiger partial charge in [-0.25, -0.2) is 0 Å². The molecule has 1 aliphatic heterocycles. The summed E-state index contributed by atoms with van der Waals surface area (Å²) in [6.07, 6.45) is 9.41. The lowest BCUT2D eigenvalue weighted by Gasteiger charge is -2.46. The third kappa shape index (κ3) is 4.46. The number of amides is 1. The Morgan fingerprint density at radius 3 is 2.79 bits per heavy atom. The zero-order valence-electron chi connectivity index (χ0n) is 20.2. The van der Waals surface area contributed by atoms with Gasteiger partial charge in [-0.2, -0.15) is 0 Å². The lowest BCUT2D eigenvalue weighted by atomic mass is 9.83. The van der Waals surface area contributed by atoms with Crippen molar-refractivity contribution in [2.75, 3.05) is 20.1 Å². The number of fused-ring (bicyclic) bond motifs is 1. The number of hydrogen-bond acceptors (Lipinski definition) is 5. The maximum atomic E-state index is 13.4. The van der Waals surface area contributed by atoms with Crippen LogP contribution < -0.4 is 16.4 Å². The quantitative estimate of drug-likeness (QED) is 0.273. The van der Waals surface area contributed by atoms with E-state index in [9.17, 15) is 9.90 Å². The molecule has 5 N–H and O–H groups in total. The summed E-state index contributed by atoms with van der Waals surface area (Å²) < 4.78 is 0. The van der Waals surface area contributed by atoms with Gasteiger partial charge < -0.3 is 21.5 Å². The average Bonchev–Trinajstić information content (AvgIpc) is 3.02. The number of carbonyl (C=O) groups excluding carboxylic acids is 1. The average molecular weight is 454 g/mol. The number of aryl methyl sites for hydroxylation is 1. The number of aliphatic imine (C=N–C) groups is 1. The monoisotopic (exact) mass is 453 g/mol. The summed E-state index contributed by atoms with van der Waals surface area (Å²) in [5, 5.41) is 18.1. The summed E-state index contributed by atoms with van der Waals surface area (Å²) >= 11 is 0. The smallest absolute Gasteiger partial charge is 0.251 e. The molecule has 5 unspecified atom stereocenters. The fourth-order valence-electron chi connectivity index (χ4n) is 5.69. The fourth-order valence-corrected chi connectivity index (χ4v) is 5.69. The lowest BCUT2D eigenvalue weighted by Crippen LogP contribution is -2.62. The Balaban J connectivity index is 1.61. The van der Waals surface area contributed by atoms with Crippen LogP contribution in [0.25, 0.3) is 0 Å². The second kappa shape index (κ2) is 9.95. The standard InChI is InChI=1S/C26H39N5O2/c1-4-23(27)30-22(15-28-3)26(2)24(32)21(16-31(26)18-11-8-12-18)29-25(33)20-14-7-10-17-9-5-6-13-19(17)20/h7-8,10-11,14,18,21-22,24,28,32H,4-6,9,12-13,15-16H2,1-3H3,(H2,27,30)(H,29,33). The van der Waals surface area contributed by atoms with Gasteiger partial charge >= 0.3 is 0 Å². The molecule has 1 aromatic carbocycles. The molecule has 1 aromatic rings. The minimum atomic E-state index is -0.776. The van der Waals surface area contributed by atoms with Crippen molar-refractivity contribution in [2.45, 2.75) is 82.1 Å². The molecule has 0 saturated carbocycles. The number of nitrogens with two attached hydrogens (primary N) is 1. The summed E-state index contributed by atoms with van der Waals surface area (Å²) in [6, 6.07) is 5.64. The maximum Gasteiger partial charge on any atom is 0.251 e. The number of amidine groups is 1. The van der Waals surface area contributed by atoms with Crippen LogP contribution in [0.4, 0.5) is 0 Å². The predicted octanol–water partition coefficient (Wildman–Crippen LogP) is 1.78. The number of nitrogens with zero attached hydrogens (tertiary/aromatic N) is 2. The van der Waals surface area contributed by atoms with E-state index in [-0.39, 0.29) is 24.0 Å². The van der Waals surface area contributed by atoms with Crippen molar-refractivity contribution in [3.63, 3.8) is 0 Å². The predicted molar refractivity (Wildman–Crippen MR) is 133 cm³/mol. The van der Waals surface area contributed by atoms with Crippen molar-refractivity contribution in [1.82, 2.24) is 15.5 Å². The van der Waals surface area contributed by atoms with Gasteiger partial charge in [-0.05, 0) is 63.3 Å². The first-order valence-corrected chi connectivity index (χ1v) is 12.4. The molecule has 0 radical (unpaired) electrons. The molecule has 2 aliphatic carbocycles. The molecule has 1 fully saturated rings. The molecule has 33 heavy (non-hydrogen) atoms. The molecule has 7 nitrogen and oxygen atoms in total. The highest BCUT2D eigenvalue weighted by molar-refractivity contribution is 5.96. The van der Waals surface area contributed by atoms with Gasteiger partial charge in [0.15, 0.2) is 0 Å². The van der Waals surface area contributed by atoms with Crippen LogP contribution in [-0.4, -0.2) is 71.7 Å². The Bertz CT molecular complexity index is 929. The first kappa shape index (κ1) is 23.9. The third-order valence-corrected chi connectivity index (χ3v) is 7.84. The molecule has 0 bridgehead atoms. The van der Waals surface area contributed by atoms with E-state index in [0.29, 0.717) is 25.3 Å². The normalized spacial score (nSPS) is 30.5. The van der Waals surface area contributed by atoms with Crippen molar-refractivity contribution in [2.24, 2.45) is 10.7 Å². The second-order valence-electron chi connectivity index (χ2n) is 9.83. The van der Waals surface area contributed by atoms with Crippen molar-refractivity contribution >= 4 is 11.7 Å². The van der Waals surface area contributed by atoms with Crippen LogP contribution in [0.15, 0.2) is 35.3 Å². The van der Waals surface area contributed by atoms with Crippen LogP contribution in [0.3, 0.4) is 0 Å². The Morgan fingerprint density at radius 1 is 1.36 bits per heavy atom. The van der Waals surface area contributed by atoms with E-state index in [1.165, 1.54) is 17.5 Å². The third-order valence-electron chi connectivity index (χ3n) is 7.84. The van der Waals surface area contributed by atoms with Crippen LogP contribution in [0.2, 0.25) is 0 Å². The fraction of sp³-hybridized carbons (Fsp3) is 0.615. The minimum absolute atomic E-state index is 0.0899. The van der Waals surface area contributed by atoms with Crippen molar-refractivity contribution < 1.29 is 9.90 Å². The molecule has 1 heterocycles. The van der Waals surface area contributed by atoms with Gasteiger partial charge in [-0.3, -0.25) is 14.7 Å². The number of likely N-dealkylation sites (N-methyl/N-ethyl adjacent to an activating group) is 1. The van der Waals surface area contributed by atoms with E-state index < -0.39 is 11.6 Å². The maximum absolute atomic E-state index is 13.4. The van der Waals surface area contributed by atoms with E-state index in [0.717, 1.165) is 31.2 Å². The molecule has 7 heteroatoms. The van der Waals surface area contributed by atoms with Crippen LogP contribution in [0.5, 0.6) is 0 Å². The number of aliphatic hydroxyl groups excluding tert-OH is 1. The number of nitrogens with one attached hydrogen (secondary N) is 2. The molecule has 0 spiro atoms. The van der Waals surface area contributed by atoms with Crippen LogP contribution in [-0.2, 0) is 12.8 Å². The van der Waals surface area contributed by atoms with Gasteiger partial charge in [0.25, 0.3) is 5.91 Å². The largest absolute Gasteiger partial charge is 0.389 e. The van der Waals surface area contributed by atoms with Gasteiger partial charge in [0, 0.05) is 31.1 Å². The molecular formula is C26H39N5O2. The molecule has 0 aromatic heterocycles. The van der Waals surface area contributed by atoms with Gasteiger partial charge in [0.05, 0.1) is 29.6 Å². The first-order valence-electron chi connectivity index (χ1n) is 12.4. The highest BCUT2D eigenvalue weighted by atomic mass is 16.3. The van der Waals surface area contributed by atoms with E-state index in [1.54, 1.807) is 0 Å². The molecule has 180 valence electrons. The Hall–Kier alpha value is -2.22. The van der Waals surface area contributed by atoms with E-state index in [4.69, 9.17) is 10.7 Å². The number of likely N-dealkylation sites (tertiary alicyclic amines) is 1. The van der Waals surface area contributed by atoms with Crippen molar-refractivity contribution in [3.8, 4) is 0 Å². The topological polar surface area (TPSA) is 103 Å².